The van der Waals surface area contributed by atoms with Gasteiger partial charge < -0.3 is 14.2 Å². The molecule has 0 N–H and O–H groups in total. The van der Waals surface area contributed by atoms with Crippen molar-refractivity contribution in [3.63, 3.8) is 0 Å². The second-order valence-electron chi connectivity index (χ2n) is 12.7. The molecule has 0 aromatic heterocycles. The van der Waals surface area contributed by atoms with E-state index in [1.54, 1.807) is 12.1 Å². The van der Waals surface area contributed by atoms with Crippen LogP contribution in [0.2, 0.25) is 0 Å². The lowest BCUT2D eigenvalue weighted by molar-refractivity contribution is -0.251. The summed E-state index contributed by atoms with van der Waals surface area (Å²) in [6.45, 7) is 8.21. The molecule has 194 valence electrons. The van der Waals surface area contributed by atoms with E-state index in [9.17, 15) is 14.4 Å². The third-order valence-electron chi connectivity index (χ3n) is 11.3. The van der Waals surface area contributed by atoms with Gasteiger partial charge in [0.05, 0.1) is 5.56 Å². The summed E-state index contributed by atoms with van der Waals surface area (Å²) >= 11 is 0. The first-order valence-electron chi connectivity index (χ1n) is 13.8. The van der Waals surface area contributed by atoms with Gasteiger partial charge in [0, 0.05) is 24.7 Å². The Morgan fingerprint density at radius 2 is 1.78 bits per heavy atom. The summed E-state index contributed by atoms with van der Waals surface area (Å²) in [7, 11) is 0. The third-order valence-corrected chi connectivity index (χ3v) is 11.3. The highest BCUT2D eigenvalue weighted by Crippen LogP contribution is 2.76. The van der Waals surface area contributed by atoms with Gasteiger partial charge in [0.15, 0.2) is 0 Å². The molecule has 5 aliphatic rings. The number of benzene rings is 1. The third kappa shape index (κ3) is 3.11. The highest BCUT2D eigenvalue weighted by atomic mass is 16.6. The molecule has 0 bridgehead atoms. The number of carbonyl (C=O) groups excluding carboxylic acids is 3. The second kappa shape index (κ2) is 8.06. The fraction of sp³-hybridized carbons (Fsp3) is 0.700. The van der Waals surface area contributed by atoms with E-state index in [4.69, 9.17) is 14.2 Å². The maximum atomic E-state index is 13.1. The van der Waals surface area contributed by atoms with Crippen LogP contribution in [-0.4, -0.2) is 35.7 Å². The summed E-state index contributed by atoms with van der Waals surface area (Å²) in [5.74, 6) is 0.698. The van der Waals surface area contributed by atoms with E-state index < -0.39 is 5.60 Å². The molecule has 0 radical (unpaired) electrons. The Labute approximate surface area is 213 Å². The van der Waals surface area contributed by atoms with Gasteiger partial charge >= 0.3 is 17.9 Å². The van der Waals surface area contributed by atoms with Crippen molar-refractivity contribution in [2.45, 2.75) is 90.4 Å². The Hall–Kier alpha value is -2.37. The summed E-state index contributed by atoms with van der Waals surface area (Å²) in [6, 6.07) is 9.20. The van der Waals surface area contributed by atoms with Crippen molar-refractivity contribution >= 4 is 17.9 Å². The first-order valence-corrected chi connectivity index (χ1v) is 13.8. The Kier molecular flexibility index (Phi) is 5.37. The smallest absolute Gasteiger partial charge is 0.338 e. The molecule has 10 atom stereocenters. The molecule has 1 heterocycles. The second-order valence-corrected chi connectivity index (χ2v) is 12.7. The average molecular weight is 495 g/mol. The molecule has 1 aliphatic heterocycles. The van der Waals surface area contributed by atoms with Gasteiger partial charge in [0.2, 0.25) is 0 Å². The molecule has 6 nitrogen and oxygen atoms in total. The zero-order valence-corrected chi connectivity index (χ0v) is 21.8. The van der Waals surface area contributed by atoms with E-state index in [1.807, 2.05) is 25.1 Å². The van der Waals surface area contributed by atoms with Crippen molar-refractivity contribution in [2.24, 2.45) is 40.4 Å². The lowest BCUT2D eigenvalue weighted by Crippen LogP contribution is -2.66. The normalized spacial score (nSPS) is 45.2. The predicted molar refractivity (Wildman–Crippen MR) is 132 cm³/mol. The molecule has 1 saturated heterocycles. The summed E-state index contributed by atoms with van der Waals surface area (Å²) in [5.41, 5.74) is 0.0276. The van der Waals surface area contributed by atoms with Crippen molar-refractivity contribution in [3.05, 3.63) is 35.9 Å². The average Bonchev–Trinajstić information content (AvgIpc) is 3.26. The van der Waals surface area contributed by atoms with Gasteiger partial charge in [-0.1, -0.05) is 32.0 Å². The number of hydrogen-bond donors (Lipinski definition) is 0. The molecule has 0 unspecified atom stereocenters. The molecule has 1 aromatic carbocycles. The molecule has 0 amide bonds. The Bertz CT molecular complexity index is 1080. The SMILES string of the molecule is CC(=O)O[C@H]1CC[C@]2(C)[C@H]3CC[C@]4(C)[C@@H]([C@@H](C)OC(=O)c5ccccc5)CC[C@H]4[C@@H]3[C@H]3C(=O)O[C@]32C1. The lowest BCUT2D eigenvalue weighted by Gasteiger charge is -2.57. The zero-order valence-electron chi connectivity index (χ0n) is 21.8. The number of hydrogen-bond acceptors (Lipinski definition) is 6. The van der Waals surface area contributed by atoms with Crippen LogP contribution in [0.4, 0.5) is 0 Å². The van der Waals surface area contributed by atoms with Crippen LogP contribution in [0.5, 0.6) is 0 Å². The first-order chi connectivity index (χ1) is 17.1. The maximum absolute atomic E-state index is 13.1. The van der Waals surface area contributed by atoms with E-state index in [0.29, 0.717) is 23.8 Å². The number of esters is 3. The molecular weight excluding hydrogens is 456 g/mol. The van der Waals surface area contributed by atoms with E-state index in [0.717, 1.165) is 38.5 Å². The van der Waals surface area contributed by atoms with Gasteiger partial charge in [-0.15, -0.1) is 0 Å². The van der Waals surface area contributed by atoms with Gasteiger partial charge in [-0.2, -0.15) is 0 Å². The largest absolute Gasteiger partial charge is 0.462 e. The van der Waals surface area contributed by atoms with Crippen molar-refractivity contribution in [3.8, 4) is 0 Å². The van der Waals surface area contributed by atoms with Crippen LogP contribution in [-0.2, 0) is 23.8 Å². The van der Waals surface area contributed by atoms with E-state index in [1.165, 1.54) is 6.92 Å². The molecule has 1 aromatic rings. The maximum Gasteiger partial charge on any atom is 0.338 e. The number of carbonyl (C=O) groups is 3. The number of ether oxygens (including phenoxy) is 3. The van der Waals surface area contributed by atoms with Crippen molar-refractivity contribution in [1.82, 2.24) is 0 Å². The van der Waals surface area contributed by atoms with Crippen LogP contribution in [0.15, 0.2) is 30.3 Å². The molecule has 6 heteroatoms. The molecule has 4 saturated carbocycles. The van der Waals surface area contributed by atoms with Crippen LogP contribution in [0.25, 0.3) is 0 Å². The van der Waals surface area contributed by atoms with Gasteiger partial charge in [0.25, 0.3) is 0 Å². The van der Waals surface area contributed by atoms with Crippen molar-refractivity contribution in [2.75, 3.05) is 0 Å². The molecule has 5 fully saturated rings. The first kappa shape index (κ1) is 24.0. The minimum Gasteiger partial charge on any atom is -0.462 e. The van der Waals surface area contributed by atoms with E-state index in [-0.39, 0.29) is 58.7 Å². The molecule has 4 aliphatic carbocycles. The van der Waals surface area contributed by atoms with Gasteiger partial charge in [-0.25, -0.2) is 4.79 Å². The molecule has 6 rings (SSSR count). The Balaban J connectivity index is 1.26. The van der Waals surface area contributed by atoms with Gasteiger partial charge in [-0.05, 0) is 80.8 Å². The van der Waals surface area contributed by atoms with Crippen LogP contribution in [0, 0.1) is 40.4 Å². The van der Waals surface area contributed by atoms with Crippen LogP contribution >= 0.6 is 0 Å². The minimum atomic E-state index is -0.507. The Morgan fingerprint density at radius 1 is 1.03 bits per heavy atom. The quantitative estimate of drug-likeness (QED) is 0.415. The highest BCUT2D eigenvalue weighted by molar-refractivity contribution is 5.89. The molecule has 1 spiro atoms. The fourth-order valence-corrected chi connectivity index (χ4v) is 9.84. The van der Waals surface area contributed by atoms with Crippen LogP contribution in [0.3, 0.4) is 0 Å². The highest BCUT2D eigenvalue weighted by Gasteiger charge is 2.80. The number of rotatable bonds is 4. The van der Waals surface area contributed by atoms with Crippen molar-refractivity contribution < 1.29 is 28.6 Å². The number of fused-ring (bicyclic) bond motifs is 5. The Morgan fingerprint density at radius 3 is 2.47 bits per heavy atom. The minimum absolute atomic E-state index is 0.0216. The summed E-state index contributed by atoms with van der Waals surface area (Å²) < 4.78 is 17.8. The van der Waals surface area contributed by atoms with E-state index in [2.05, 4.69) is 13.8 Å². The van der Waals surface area contributed by atoms with Gasteiger partial charge in [0.1, 0.15) is 23.7 Å². The standard InChI is InChI=1S/C30H38O6/c1-17(34-26(32)19-8-6-5-7-9-19)21-10-11-22-24-23(13-14-28(21,22)3)29(4)15-12-20(35-18(2)31)16-30(29)25(24)27(33)36-30/h5-9,17,20-25H,10-16H2,1-4H3/t17-,20+,21-,22+,23+,24+,25+,28-,29-,30-/m1/s1. The predicted octanol–water partition coefficient (Wildman–Crippen LogP) is 5.34. The molecular formula is C30H38O6. The molecule has 36 heavy (non-hydrogen) atoms. The van der Waals surface area contributed by atoms with Crippen LogP contribution in [0.1, 0.15) is 83.0 Å². The zero-order chi connectivity index (χ0) is 25.5. The van der Waals surface area contributed by atoms with Crippen LogP contribution < -0.4 is 0 Å². The lowest BCUT2D eigenvalue weighted by atomic mass is 9.54. The van der Waals surface area contributed by atoms with Gasteiger partial charge in [-0.3, -0.25) is 9.59 Å². The fourth-order valence-electron chi connectivity index (χ4n) is 9.84. The topological polar surface area (TPSA) is 78.9 Å². The van der Waals surface area contributed by atoms with Crippen molar-refractivity contribution in [1.29, 1.82) is 0 Å². The summed E-state index contributed by atoms with van der Waals surface area (Å²) in [6.07, 6.45) is 6.24. The summed E-state index contributed by atoms with van der Waals surface area (Å²) in [4.78, 5) is 37.6. The van der Waals surface area contributed by atoms with E-state index >= 15 is 0 Å². The summed E-state index contributed by atoms with van der Waals surface area (Å²) in [5, 5.41) is 0. The monoisotopic (exact) mass is 494 g/mol.